The normalized spacial score (nSPS) is 12.5. The van der Waals surface area contributed by atoms with Crippen LogP contribution in [-0.2, 0) is 6.42 Å². The Bertz CT molecular complexity index is 783. The summed E-state index contributed by atoms with van der Waals surface area (Å²) < 4.78 is 0. The monoisotopic (exact) mass is 315 g/mol. The Labute approximate surface area is 134 Å². The number of benzene rings is 3. The zero-order valence-electron chi connectivity index (χ0n) is 11.4. The van der Waals surface area contributed by atoms with Gasteiger partial charge in [-0.3, -0.25) is 0 Å². The van der Waals surface area contributed by atoms with Crippen molar-refractivity contribution < 1.29 is 0 Å². The third kappa shape index (κ3) is 3.21. The van der Waals surface area contributed by atoms with Gasteiger partial charge in [-0.25, -0.2) is 0 Å². The van der Waals surface area contributed by atoms with Gasteiger partial charge in [0.15, 0.2) is 0 Å². The molecule has 3 rings (SSSR count). The highest BCUT2D eigenvalue weighted by Crippen LogP contribution is 2.27. The van der Waals surface area contributed by atoms with Gasteiger partial charge in [0, 0.05) is 6.04 Å². The Morgan fingerprint density at radius 1 is 0.810 bits per heavy atom. The molecule has 0 aliphatic rings. The maximum absolute atomic E-state index is 6.29. The first kappa shape index (κ1) is 14.4. The Balaban J connectivity index is 1.85. The summed E-state index contributed by atoms with van der Waals surface area (Å²) in [7, 11) is 0. The summed E-state index contributed by atoms with van der Waals surface area (Å²) in [6.07, 6.45) is 0.767. The van der Waals surface area contributed by atoms with Crippen LogP contribution in [0.25, 0.3) is 10.8 Å². The third-order valence-corrected chi connectivity index (χ3v) is 4.38. The fourth-order valence-corrected chi connectivity index (χ4v) is 2.79. The van der Waals surface area contributed by atoms with Gasteiger partial charge in [-0.15, -0.1) is 0 Å². The molecule has 1 unspecified atom stereocenters. The number of fused-ring (bicyclic) bond motifs is 1. The first-order chi connectivity index (χ1) is 10.1. The molecule has 0 aromatic heterocycles. The maximum atomic E-state index is 6.29. The molecule has 0 saturated heterocycles. The third-order valence-electron chi connectivity index (χ3n) is 3.64. The van der Waals surface area contributed by atoms with Crippen molar-refractivity contribution >= 4 is 34.0 Å². The Kier molecular flexibility index (Phi) is 4.16. The molecule has 3 heteroatoms. The fourth-order valence-electron chi connectivity index (χ4n) is 2.48. The molecule has 0 bridgehead atoms. The van der Waals surface area contributed by atoms with E-state index in [-0.39, 0.29) is 6.04 Å². The molecule has 0 amide bonds. The van der Waals surface area contributed by atoms with E-state index in [1.54, 1.807) is 6.07 Å². The smallest absolute Gasteiger partial charge is 0.0595 e. The SMILES string of the molecule is NC(Cc1ccc2ccccc2c1)c1ccc(Cl)c(Cl)c1. The molecule has 1 nitrogen and oxygen atoms in total. The number of nitrogens with two attached hydrogens (primary N) is 1. The second-order valence-corrected chi connectivity index (χ2v) is 5.98. The molecular formula is C18H15Cl2N. The standard InChI is InChI=1S/C18H15Cl2N/c19-16-8-7-15(11-17(16)20)18(21)10-12-5-6-13-3-1-2-4-14(13)9-12/h1-9,11,18H,10,21H2. The molecule has 106 valence electrons. The highest BCUT2D eigenvalue weighted by atomic mass is 35.5. The van der Waals surface area contributed by atoms with Crippen molar-refractivity contribution in [1.82, 2.24) is 0 Å². The van der Waals surface area contributed by atoms with Gasteiger partial charge in [-0.2, -0.15) is 0 Å². The molecule has 0 saturated carbocycles. The van der Waals surface area contributed by atoms with Crippen molar-refractivity contribution in [3.05, 3.63) is 81.8 Å². The first-order valence-electron chi connectivity index (χ1n) is 6.82. The van der Waals surface area contributed by atoms with Gasteiger partial charge in [-0.05, 0) is 40.5 Å². The van der Waals surface area contributed by atoms with Crippen LogP contribution in [-0.4, -0.2) is 0 Å². The van der Waals surface area contributed by atoms with Crippen molar-refractivity contribution in [2.45, 2.75) is 12.5 Å². The summed E-state index contributed by atoms with van der Waals surface area (Å²) in [5.74, 6) is 0. The molecule has 2 N–H and O–H groups in total. The Morgan fingerprint density at radius 2 is 1.57 bits per heavy atom. The molecule has 0 radical (unpaired) electrons. The van der Waals surface area contributed by atoms with Gasteiger partial charge in [-0.1, -0.05) is 71.7 Å². The van der Waals surface area contributed by atoms with Crippen molar-refractivity contribution in [3.63, 3.8) is 0 Å². The molecule has 3 aromatic rings. The number of hydrogen-bond acceptors (Lipinski definition) is 1. The van der Waals surface area contributed by atoms with E-state index >= 15 is 0 Å². The lowest BCUT2D eigenvalue weighted by Crippen LogP contribution is -2.13. The maximum Gasteiger partial charge on any atom is 0.0595 e. The zero-order valence-corrected chi connectivity index (χ0v) is 12.9. The first-order valence-corrected chi connectivity index (χ1v) is 7.57. The quantitative estimate of drug-likeness (QED) is 0.689. The molecule has 0 aliphatic heterocycles. The lowest BCUT2D eigenvalue weighted by Gasteiger charge is -2.13. The average Bonchev–Trinajstić information content (AvgIpc) is 2.50. The van der Waals surface area contributed by atoms with E-state index in [1.165, 1.54) is 16.3 Å². The summed E-state index contributed by atoms with van der Waals surface area (Å²) in [4.78, 5) is 0. The molecule has 0 heterocycles. The molecule has 0 spiro atoms. The Hall–Kier alpha value is -1.54. The second kappa shape index (κ2) is 6.07. The molecule has 0 fully saturated rings. The zero-order chi connectivity index (χ0) is 14.8. The topological polar surface area (TPSA) is 26.0 Å². The second-order valence-electron chi connectivity index (χ2n) is 5.17. The average molecular weight is 316 g/mol. The van der Waals surface area contributed by atoms with E-state index in [0.717, 1.165) is 12.0 Å². The number of rotatable bonds is 3. The van der Waals surface area contributed by atoms with Crippen LogP contribution in [0.15, 0.2) is 60.7 Å². The van der Waals surface area contributed by atoms with E-state index in [1.807, 2.05) is 24.3 Å². The van der Waals surface area contributed by atoms with Gasteiger partial charge in [0.1, 0.15) is 0 Å². The minimum atomic E-state index is -0.0964. The van der Waals surface area contributed by atoms with Crippen molar-refractivity contribution in [2.75, 3.05) is 0 Å². The minimum absolute atomic E-state index is 0.0964. The van der Waals surface area contributed by atoms with Crippen molar-refractivity contribution in [3.8, 4) is 0 Å². The minimum Gasteiger partial charge on any atom is -0.324 e. The van der Waals surface area contributed by atoms with E-state index < -0.39 is 0 Å². The van der Waals surface area contributed by atoms with Crippen LogP contribution in [0.3, 0.4) is 0 Å². The lowest BCUT2D eigenvalue weighted by molar-refractivity contribution is 0.722. The lowest BCUT2D eigenvalue weighted by atomic mass is 9.98. The van der Waals surface area contributed by atoms with Crippen LogP contribution in [0.1, 0.15) is 17.2 Å². The highest BCUT2D eigenvalue weighted by Gasteiger charge is 2.09. The Morgan fingerprint density at radius 3 is 2.33 bits per heavy atom. The van der Waals surface area contributed by atoms with E-state index in [2.05, 4.69) is 30.3 Å². The molecule has 21 heavy (non-hydrogen) atoms. The number of halogens is 2. The van der Waals surface area contributed by atoms with Gasteiger partial charge in [0.2, 0.25) is 0 Å². The van der Waals surface area contributed by atoms with Gasteiger partial charge < -0.3 is 5.73 Å². The fraction of sp³-hybridized carbons (Fsp3) is 0.111. The van der Waals surface area contributed by atoms with E-state index in [9.17, 15) is 0 Å². The highest BCUT2D eigenvalue weighted by molar-refractivity contribution is 6.42. The summed E-state index contributed by atoms with van der Waals surface area (Å²) in [6, 6.07) is 20.2. The van der Waals surface area contributed by atoms with Crippen molar-refractivity contribution in [1.29, 1.82) is 0 Å². The summed E-state index contributed by atoms with van der Waals surface area (Å²) in [5.41, 5.74) is 8.50. The molecular weight excluding hydrogens is 301 g/mol. The molecule has 1 atom stereocenters. The predicted molar refractivity (Wildman–Crippen MR) is 91.0 cm³/mol. The van der Waals surface area contributed by atoms with Crippen LogP contribution < -0.4 is 5.73 Å². The van der Waals surface area contributed by atoms with Crippen molar-refractivity contribution in [2.24, 2.45) is 5.73 Å². The van der Waals surface area contributed by atoms with Crippen LogP contribution >= 0.6 is 23.2 Å². The summed E-state index contributed by atoms with van der Waals surface area (Å²) in [5, 5.41) is 3.57. The van der Waals surface area contributed by atoms with Gasteiger partial charge >= 0.3 is 0 Å². The van der Waals surface area contributed by atoms with Crippen LogP contribution in [0.5, 0.6) is 0 Å². The largest absolute Gasteiger partial charge is 0.324 e. The van der Waals surface area contributed by atoms with Crippen LogP contribution in [0, 0.1) is 0 Å². The van der Waals surface area contributed by atoms with E-state index in [0.29, 0.717) is 10.0 Å². The molecule has 0 aliphatic carbocycles. The summed E-state index contributed by atoms with van der Waals surface area (Å²) in [6.45, 7) is 0. The van der Waals surface area contributed by atoms with Gasteiger partial charge in [0.25, 0.3) is 0 Å². The van der Waals surface area contributed by atoms with Crippen LogP contribution in [0.2, 0.25) is 10.0 Å². The van der Waals surface area contributed by atoms with Crippen LogP contribution in [0.4, 0.5) is 0 Å². The van der Waals surface area contributed by atoms with Gasteiger partial charge in [0.05, 0.1) is 10.0 Å². The summed E-state index contributed by atoms with van der Waals surface area (Å²) >= 11 is 12.0. The molecule has 3 aromatic carbocycles. The number of hydrogen-bond donors (Lipinski definition) is 1. The predicted octanol–water partition coefficient (Wildman–Crippen LogP) is 5.39. The van der Waals surface area contributed by atoms with E-state index in [4.69, 9.17) is 28.9 Å².